The molecule has 0 spiro atoms. The summed E-state index contributed by atoms with van der Waals surface area (Å²) in [6, 6.07) is 5.42. The Hall–Kier alpha value is -2.04. The molecule has 0 aliphatic carbocycles. The van der Waals surface area contributed by atoms with Crippen LogP contribution >= 0.6 is 0 Å². The number of carbonyl (C=O) groups is 2. The van der Waals surface area contributed by atoms with E-state index >= 15 is 0 Å². The molecule has 0 aromatic heterocycles. The molecule has 5 nitrogen and oxygen atoms in total. The van der Waals surface area contributed by atoms with Gasteiger partial charge in [0.2, 0.25) is 0 Å². The summed E-state index contributed by atoms with van der Waals surface area (Å²) in [7, 11) is 0. The lowest BCUT2D eigenvalue weighted by Gasteiger charge is -2.16. The van der Waals surface area contributed by atoms with Gasteiger partial charge in [0.1, 0.15) is 0 Å². The van der Waals surface area contributed by atoms with Gasteiger partial charge in [0.25, 0.3) is 0 Å². The van der Waals surface area contributed by atoms with Crippen LogP contribution in [-0.2, 0) is 11.2 Å². The number of hydrogen-bond acceptors (Lipinski definition) is 2. The second kappa shape index (κ2) is 7.53. The molecule has 0 saturated carbocycles. The molecule has 5 heteroatoms. The first-order valence-electron chi connectivity index (χ1n) is 6.81. The molecule has 0 aliphatic rings. The summed E-state index contributed by atoms with van der Waals surface area (Å²) in [4.78, 5) is 22.4. The molecule has 0 radical (unpaired) electrons. The quantitative estimate of drug-likeness (QED) is 0.748. The van der Waals surface area contributed by atoms with E-state index in [0.29, 0.717) is 6.42 Å². The summed E-state index contributed by atoms with van der Waals surface area (Å²) in [5.74, 6) is -0.855. The highest BCUT2D eigenvalue weighted by molar-refractivity contribution is 5.91. The molecule has 0 fully saturated rings. The summed E-state index contributed by atoms with van der Waals surface area (Å²) >= 11 is 0. The monoisotopic (exact) mass is 278 g/mol. The van der Waals surface area contributed by atoms with E-state index in [1.165, 1.54) is 0 Å². The van der Waals surface area contributed by atoms with Crippen molar-refractivity contribution in [3.63, 3.8) is 0 Å². The Morgan fingerprint density at radius 3 is 2.65 bits per heavy atom. The van der Waals surface area contributed by atoms with Crippen molar-refractivity contribution in [2.75, 3.05) is 5.32 Å². The van der Waals surface area contributed by atoms with E-state index in [9.17, 15) is 9.59 Å². The van der Waals surface area contributed by atoms with Gasteiger partial charge in [-0.3, -0.25) is 4.79 Å². The SMILES string of the molecule is CCc1cccc(C)c1NC(=O)NC(C)CCC(=O)O. The van der Waals surface area contributed by atoms with Crippen molar-refractivity contribution >= 4 is 17.7 Å². The third-order valence-electron chi connectivity index (χ3n) is 3.15. The molecule has 110 valence electrons. The van der Waals surface area contributed by atoms with Crippen molar-refractivity contribution in [2.24, 2.45) is 0 Å². The highest BCUT2D eigenvalue weighted by Crippen LogP contribution is 2.20. The van der Waals surface area contributed by atoms with Crippen molar-refractivity contribution in [3.05, 3.63) is 29.3 Å². The molecule has 2 amide bonds. The van der Waals surface area contributed by atoms with E-state index in [1.54, 1.807) is 6.92 Å². The number of carboxylic acid groups (broad SMARTS) is 1. The molecule has 3 N–H and O–H groups in total. The average Bonchev–Trinajstić information content (AvgIpc) is 2.38. The number of rotatable bonds is 6. The van der Waals surface area contributed by atoms with Crippen molar-refractivity contribution < 1.29 is 14.7 Å². The number of amides is 2. The Balaban J connectivity index is 2.60. The zero-order valence-electron chi connectivity index (χ0n) is 12.2. The summed E-state index contributed by atoms with van der Waals surface area (Å²) in [5, 5.41) is 14.2. The summed E-state index contributed by atoms with van der Waals surface area (Å²) in [6.45, 7) is 5.77. The number of nitrogens with one attached hydrogen (secondary N) is 2. The zero-order chi connectivity index (χ0) is 15.1. The van der Waals surface area contributed by atoms with Crippen LogP contribution in [0.3, 0.4) is 0 Å². The van der Waals surface area contributed by atoms with Gasteiger partial charge in [0.05, 0.1) is 0 Å². The lowest BCUT2D eigenvalue weighted by Crippen LogP contribution is -2.36. The van der Waals surface area contributed by atoms with Gasteiger partial charge in [-0.15, -0.1) is 0 Å². The van der Waals surface area contributed by atoms with Gasteiger partial charge < -0.3 is 15.7 Å². The lowest BCUT2D eigenvalue weighted by molar-refractivity contribution is -0.137. The molecule has 0 heterocycles. The number of aryl methyl sites for hydroxylation is 2. The van der Waals surface area contributed by atoms with Crippen molar-refractivity contribution in [1.82, 2.24) is 5.32 Å². The Morgan fingerprint density at radius 1 is 1.35 bits per heavy atom. The van der Waals surface area contributed by atoms with Crippen LogP contribution in [0.1, 0.15) is 37.8 Å². The van der Waals surface area contributed by atoms with E-state index in [2.05, 4.69) is 10.6 Å². The fraction of sp³-hybridized carbons (Fsp3) is 0.467. The number of carbonyl (C=O) groups excluding carboxylic acids is 1. The van der Waals surface area contributed by atoms with Crippen molar-refractivity contribution in [1.29, 1.82) is 0 Å². The largest absolute Gasteiger partial charge is 0.481 e. The highest BCUT2D eigenvalue weighted by Gasteiger charge is 2.11. The molecule has 0 saturated heterocycles. The van der Waals surface area contributed by atoms with Crippen LogP contribution in [0.5, 0.6) is 0 Å². The molecule has 0 bridgehead atoms. The minimum Gasteiger partial charge on any atom is -0.481 e. The van der Waals surface area contributed by atoms with E-state index in [4.69, 9.17) is 5.11 Å². The number of urea groups is 1. The van der Waals surface area contributed by atoms with Gasteiger partial charge in [-0.05, 0) is 37.8 Å². The lowest BCUT2D eigenvalue weighted by atomic mass is 10.1. The summed E-state index contributed by atoms with van der Waals surface area (Å²) < 4.78 is 0. The summed E-state index contributed by atoms with van der Waals surface area (Å²) in [5.41, 5.74) is 2.92. The first kappa shape index (κ1) is 16.0. The smallest absolute Gasteiger partial charge is 0.319 e. The predicted octanol–water partition coefficient (Wildman–Crippen LogP) is 2.93. The number of para-hydroxylation sites is 1. The molecule has 1 atom stereocenters. The molecular weight excluding hydrogens is 256 g/mol. The van der Waals surface area contributed by atoms with Gasteiger partial charge >= 0.3 is 12.0 Å². The third-order valence-corrected chi connectivity index (χ3v) is 3.15. The zero-order valence-corrected chi connectivity index (χ0v) is 12.2. The number of carboxylic acids is 1. The predicted molar refractivity (Wildman–Crippen MR) is 79.0 cm³/mol. The third kappa shape index (κ3) is 4.91. The van der Waals surface area contributed by atoms with Gasteiger partial charge in [-0.2, -0.15) is 0 Å². The minimum absolute atomic E-state index is 0.0476. The van der Waals surface area contributed by atoms with E-state index < -0.39 is 5.97 Å². The van der Waals surface area contributed by atoms with Gasteiger partial charge in [-0.25, -0.2) is 4.79 Å². The molecule has 1 unspecified atom stereocenters. The van der Waals surface area contributed by atoms with Crippen LogP contribution in [0, 0.1) is 6.92 Å². The van der Waals surface area contributed by atoms with E-state index in [-0.39, 0.29) is 18.5 Å². The normalized spacial score (nSPS) is 11.8. The van der Waals surface area contributed by atoms with Crippen LogP contribution < -0.4 is 10.6 Å². The minimum atomic E-state index is -0.855. The number of aliphatic carboxylic acids is 1. The molecule has 20 heavy (non-hydrogen) atoms. The van der Waals surface area contributed by atoms with Crippen LogP contribution in [0.15, 0.2) is 18.2 Å². The number of hydrogen-bond donors (Lipinski definition) is 3. The van der Waals surface area contributed by atoms with Crippen molar-refractivity contribution in [3.8, 4) is 0 Å². The van der Waals surface area contributed by atoms with Crippen molar-refractivity contribution in [2.45, 2.75) is 46.1 Å². The average molecular weight is 278 g/mol. The van der Waals surface area contributed by atoms with Gasteiger partial charge in [-0.1, -0.05) is 25.1 Å². The number of anilines is 1. The fourth-order valence-electron chi connectivity index (χ4n) is 1.99. The molecule has 0 aliphatic heterocycles. The summed E-state index contributed by atoms with van der Waals surface area (Å²) in [6.07, 6.45) is 1.30. The van der Waals surface area contributed by atoms with E-state index in [1.807, 2.05) is 32.0 Å². The van der Waals surface area contributed by atoms with E-state index in [0.717, 1.165) is 23.2 Å². The van der Waals surface area contributed by atoms with Crippen LogP contribution in [0.2, 0.25) is 0 Å². The van der Waals surface area contributed by atoms with Crippen LogP contribution in [0.4, 0.5) is 10.5 Å². The Morgan fingerprint density at radius 2 is 2.05 bits per heavy atom. The molecule has 1 aromatic carbocycles. The van der Waals surface area contributed by atoms with Crippen LogP contribution in [-0.4, -0.2) is 23.1 Å². The van der Waals surface area contributed by atoms with Crippen LogP contribution in [0.25, 0.3) is 0 Å². The Kier molecular flexibility index (Phi) is 6.03. The van der Waals surface area contributed by atoms with Gasteiger partial charge in [0.15, 0.2) is 0 Å². The Labute approximate surface area is 119 Å². The maximum absolute atomic E-state index is 11.9. The topological polar surface area (TPSA) is 78.4 Å². The maximum Gasteiger partial charge on any atom is 0.319 e. The first-order chi connectivity index (χ1) is 9.43. The second-order valence-electron chi connectivity index (χ2n) is 4.89. The van der Waals surface area contributed by atoms with Gasteiger partial charge in [0, 0.05) is 18.2 Å². The fourth-order valence-corrected chi connectivity index (χ4v) is 1.99. The second-order valence-corrected chi connectivity index (χ2v) is 4.89. The molecule has 1 aromatic rings. The standard InChI is InChI=1S/C15H22N2O3/c1-4-12-7-5-6-10(2)14(12)17-15(20)16-11(3)8-9-13(18)19/h5-7,11H,4,8-9H2,1-3H3,(H,18,19)(H2,16,17,20). The maximum atomic E-state index is 11.9. The number of benzene rings is 1. The highest BCUT2D eigenvalue weighted by atomic mass is 16.4. The molecular formula is C15H22N2O3. The Bertz CT molecular complexity index is 486. The molecule has 1 rings (SSSR count). The first-order valence-corrected chi connectivity index (χ1v) is 6.81.